The van der Waals surface area contributed by atoms with Crippen molar-refractivity contribution in [1.29, 1.82) is 0 Å². The highest BCUT2D eigenvalue weighted by atomic mass is 16.5. The van der Waals surface area contributed by atoms with Gasteiger partial charge < -0.3 is 18.9 Å². The van der Waals surface area contributed by atoms with Crippen LogP contribution in [-0.4, -0.2) is 53.8 Å². The number of azo groups is 1. The molecule has 54 heavy (non-hydrogen) atoms. The van der Waals surface area contributed by atoms with Gasteiger partial charge in [0, 0.05) is 0 Å². The van der Waals surface area contributed by atoms with Crippen LogP contribution >= 0.6 is 0 Å². The molecule has 16 heteroatoms. The minimum atomic E-state index is -0.998. The van der Waals surface area contributed by atoms with Gasteiger partial charge in [-0.25, -0.2) is 19.2 Å². The summed E-state index contributed by atoms with van der Waals surface area (Å²) in [5, 5.41) is 7.75. The minimum absolute atomic E-state index is 0.118. The highest BCUT2D eigenvalue weighted by molar-refractivity contribution is 5.90. The van der Waals surface area contributed by atoms with Crippen molar-refractivity contribution in [2.75, 3.05) is 0 Å². The van der Waals surface area contributed by atoms with E-state index in [1.165, 1.54) is 0 Å². The molecular formula is C38H28N8O8. The van der Waals surface area contributed by atoms with Crippen LogP contribution in [0, 0.1) is 0 Å². The second kappa shape index (κ2) is 18.0. The number of rotatable bonds is 14. The highest BCUT2D eigenvalue weighted by Gasteiger charge is 2.23. The zero-order chi connectivity index (χ0) is 37.5. The Morgan fingerprint density at radius 3 is 0.796 bits per heavy atom. The third-order valence-electron chi connectivity index (χ3n) is 7.06. The number of carbonyl (C=O) groups excluding carboxylic acids is 4. The van der Waals surface area contributed by atoms with E-state index in [2.05, 4.69) is 40.1 Å². The number of ether oxygens (including phenoxy) is 4. The lowest BCUT2D eigenvalue weighted by Gasteiger charge is -2.07. The number of hydrogen-bond acceptors (Lipinski definition) is 16. The Hall–Kier alpha value is -7.62. The van der Waals surface area contributed by atoms with E-state index in [1.54, 1.807) is 97.1 Å². The molecule has 16 nitrogen and oxygen atoms in total. The number of nitrogens with zero attached hydrogens (tertiary/aromatic N) is 8. The molecule has 0 aliphatic carbocycles. The van der Waals surface area contributed by atoms with Crippen molar-refractivity contribution in [2.24, 2.45) is 10.2 Å². The molecule has 0 unspecified atom stereocenters. The molecule has 4 aromatic carbocycles. The summed E-state index contributed by atoms with van der Waals surface area (Å²) in [5.74, 6) is -7.40. The molecule has 0 atom stereocenters. The quantitative estimate of drug-likeness (QED) is 0.0728. The molecule has 0 spiro atoms. The van der Waals surface area contributed by atoms with E-state index in [-0.39, 0.29) is 26.4 Å². The Kier molecular flexibility index (Phi) is 12.1. The normalized spacial score (nSPS) is 10.7. The molecule has 268 valence electrons. The summed E-state index contributed by atoms with van der Waals surface area (Å²) < 4.78 is 21.4. The van der Waals surface area contributed by atoms with Crippen molar-refractivity contribution in [2.45, 2.75) is 26.4 Å². The second-order valence-electron chi connectivity index (χ2n) is 11.0. The smallest absolute Gasteiger partial charge is 0.376 e. The highest BCUT2D eigenvalue weighted by Crippen LogP contribution is 2.16. The third kappa shape index (κ3) is 10.5. The van der Waals surface area contributed by atoms with Crippen LogP contribution in [0.25, 0.3) is 0 Å². The predicted octanol–water partition coefficient (Wildman–Crippen LogP) is 5.90. The maximum Gasteiger partial charge on any atom is 0.376 e. The van der Waals surface area contributed by atoms with E-state index in [0.29, 0.717) is 22.3 Å². The summed E-state index contributed by atoms with van der Waals surface area (Å²) in [6, 6.07) is 35.4. The fourth-order valence-corrected chi connectivity index (χ4v) is 4.42. The van der Waals surface area contributed by atoms with Gasteiger partial charge in [0.25, 0.3) is 11.9 Å². The van der Waals surface area contributed by atoms with Crippen molar-refractivity contribution in [3.63, 3.8) is 0 Å². The first-order valence-corrected chi connectivity index (χ1v) is 16.2. The van der Waals surface area contributed by atoms with Crippen LogP contribution in [0.1, 0.15) is 64.7 Å². The average molecular weight is 725 g/mol. The monoisotopic (exact) mass is 724 g/mol. The van der Waals surface area contributed by atoms with Gasteiger partial charge in [-0.05, 0) is 22.3 Å². The Labute approximate surface area is 307 Å². The number of hydrogen-bond donors (Lipinski definition) is 0. The molecule has 2 aromatic heterocycles. The zero-order valence-electron chi connectivity index (χ0n) is 28.2. The first-order chi connectivity index (χ1) is 26.4. The van der Waals surface area contributed by atoms with Crippen LogP contribution in [0.3, 0.4) is 0 Å². The van der Waals surface area contributed by atoms with E-state index in [4.69, 9.17) is 18.9 Å². The van der Waals surface area contributed by atoms with Crippen LogP contribution < -0.4 is 0 Å². The van der Waals surface area contributed by atoms with Gasteiger partial charge in [-0.15, -0.1) is 10.2 Å². The molecule has 0 fully saturated rings. The van der Waals surface area contributed by atoms with Crippen molar-refractivity contribution >= 4 is 35.8 Å². The zero-order valence-corrected chi connectivity index (χ0v) is 28.2. The first kappa shape index (κ1) is 36.2. The summed E-state index contributed by atoms with van der Waals surface area (Å²) in [7, 11) is 0. The number of aromatic nitrogens is 6. The summed E-state index contributed by atoms with van der Waals surface area (Å²) in [5.41, 5.74) is 2.75. The topological polar surface area (TPSA) is 207 Å². The van der Waals surface area contributed by atoms with Gasteiger partial charge in [0.05, 0.1) is 0 Å². The summed E-state index contributed by atoms with van der Waals surface area (Å²) >= 11 is 0. The van der Waals surface area contributed by atoms with Gasteiger partial charge in [-0.1, -0.05) is 121 Å². The molecule has 0 radical (unpaired) electrons. The molecular weight excluding hydrogens is 696 g/mol. The maximum absolute atomic E-state index is 13.0. The second-order valence-corrected chi connectivity index (χ2v) is 11.0. The Morgan fingerprint density at radius 2 is 0.574 bits per heavy atom. The van der Waals surface area contributed by atoms with Gasteiger partial charge in [-0.3, -0.25) is 0 Å². The van der Waals surface area contributed by atoms with Crippen LogP contribution in [0.2, 0.25) is 0 Å². The molecule has 0 amide bonds. The molecule has 6 rings (SSSR count). The summed E-state index contributed by atoms with van der Waals surface area (Å²) in [4.78, 5) is 75.9. The van der Waals surface area contributed by atoms with Crippen molar-refractivity contribution in [3.05, 3.63) is 167 Å². The van der Waals surface area contributed by atoms with Gasteiger partial charge in [0.1, 0.15) is 26.4 Å². The predicted molar refractivity (Wildman–Crippen MR) is 186 cm³/mol. The number of esters is 4. The molecule has 0 N–H and O–H groups in total. The fourth-order valence-electron chi connectivity index (χ4n) is 4.42. The van der Waals surface area contributed by atoms with Gasteiger partial charge >= 0.3 is 23.9 Å². The largest absolute Gasteiger partial charge is 0.455 e. The van der Waals surface area contributed by atoms with Gasteiger partial charge in [-0.2, -0.15) is 29.9 Å². The fraction of sp³-hybridized carbons (Fsp3) is 0.105. The van der Waals surface area contributed by atoms with Crippen LogP contribution in [-0.2, 0) is 45.4 Å². The standard InChI is InChI=1S/C38H28N8O8/c47-33(51-21-25-13-5-1-6-14-25)29-39-30(34(48)52-22-26-15-7-2-8-16-26)42-37(41-29)45-46-38-43-31(35(49)53-23-27-17-9-3-10-18-27)40-32(44-38)36(50)54-24-28-19-11-4-12-20-28/h1-20H,21-24H2. The van der Waals surface area contributed by atoms with Crippen molar-refractivity contribution in [3.8, 4) is 0 Å². The van der Waals surface area contributed by atoms with E-state index in [9.17, 15) is 19.2 Å². The molecule has 2 heterocycles. The lowest BCUT2D eigenvalue weighted by Crippen LogP contribution is -2.17. The van der Waals surface area contributed by atoms with Gasteiger partial charge in [0.2, 0.25) is 23.3 Å². The summed E-state index contributed by atoms with van der Waals surface area (Å²) in [6.45, 7) is -0.472. The molecule has 0 bridgehead atoms. The Bertz CT molecular complexity index is 1950. The molecule has 0 saturated heterocycles. The van der Waals surface area contributed by atoms with Crippen LogP contribution in [0.5, 0.6) is 0 Å². The maximum atomic E-state index is 13.0. The van der Waals surface area contributed by atoms with Crippen LogP contribution in [0.15, 0.2) is 132 Å². The van der Waals surface area contributed by atoms with E-state index >= 15 is 0 Å². The lowest BCUT2D eigenvalue weighted by atomic mass is 10.2. The number of benzene rings is 4. The number of carbonyl (C=O) groups is 4. The molecule has 0 aliphatic rings. The Morgan fingerprint density at radius 1 is 0.352 bits per heavy atom. The summed E-state index contributed by atoms with van der Waals surface area (Å²) in [6.07, 6.45) is 0. The van der Waals surface area contributed by atoms with Crippen molar-refractivity contribution < 1.29 is 38.1 Å². The molecule has 6 aromatic rings. The van der Waals surface area contributed by atoms with E-state index in [1.807, 2.05) is 24.3 Å². The van der Waals surface area contributed by atoms with E-state index in [0.717, 1.165) is 0 Å². The minimum Gasteiger partial charge on any atom is -0.455 e. The lowest BCUT2D eigenvalue weighted by molar-refractivity contribution is 0.0429. The third-order valence-corrected chi connectivity index (χ3v) is 7.06. The van der Waals surface area contributed by atoms with E-state index < -0.39 is 59.1 Å². The van der Waals surface area contributed by atoms with Crippen LogP contribution in [0.4, 0.5) is 11.9 Å². The van der Waals surface area contributed by atoms with Crippen molar-refractivity contribution in [1.82, 2.24) is 29.9 Å². The SMILES string of the molecule is O=C(OCc1ccccc1)c1nc(N=Nc2nc(C(=O)OCc3ccccc3)nc(C(=O)OCc3ccccc3)n2)nc(C(=O)OCc2ccccc2)n1. The average Bonchev–Trinajstić information content (AvgIpc) is 3.23. The Balaban J connectivity index is 1.28. The first-order valence-electron chi connectivity index (χ1n) is 16.2. The molecule has 0 aliphatic heterocycles. The van der Waals surface area contributed by atoms with Gasteiger partial charge in [0.15, 0.2) is 0 Å². The molecule has 0 saturated carbocycles.